The zero-order valence-electron chi connectivity index (χ0n) is 13.1. The molecule has 122 valence electrons. The molecular formula is C19H13N3O3. The molecule has 0 aliphatic rings. The van der Waals surface area contributed by atoms with Crippen LogP contribution in [0.1, 0.15) is 16.8 Å². The Labute approximate surface area is 143 Å². The summed E-state index contributed by atoms with van der Waals surface area (Å²) in [6, 6.07) is 17.2. The smallest absolute Gasteiger partial charge is 0.336 e. The van der Waals surface area contributed by atoms with Crippen molar-refractivity contribution in [3.8, 4) is 17.3 Å². The van der Waals surface area contributed by atoms with Crippen molar-refractivity contribution in [1.82, 2.24) is 4.98 Å². The Morgan fingerprint density at radius 1 is 1.12 bits per heavy atom. The van der Waals surface area contributed by atoms with Gasteiger partial charge in [-0.2, -0.15) is 5.26 Å². The van der Waals surface area contributed by atoms with Crippen molar-refractivity contribution < 1.29 is 14.7 Å². The third-order valence-corrected chi connectivity index (χ3v) is 3.65. The molecule has 0 saturated carbocycles. The molecule has 0 radical (unpaired) electrons. The number of nitrogens with zero attached hydrogens (tertiary/aromatic N) is 2. The standard InChI is InChI=1S/C19H13N3O3/c20-10-9-18(23)21-13-7-5-12(6-8-13)17-11-15(19(24)25)14-3-1-2-4-16(14)22-17/h1-8,11H,9H2,(H,21,23)(H,24,25). The predicted molar refractivity (Wildman–Crippen MR) is 93.0 cm³/mol. The van der Waals surface area contributed by atoms with Gasteiger partial charge >= 0.3 is 5.97 Å². The average Bonchev–Trinajstić information content (AvgIpc) is 2.61. The highest BCUT2D eigenvalue weighted by atomic mass is 16.4. The number of nitrogens with one attached hydrogen (secondary N) is 1. The van der Waals surface area contributed by atoms with E-state index in [1.54, 1.807) is 54.6 Å². The lowest BCUT2D eigenvalue weighted by Gasteiger charge is -2.08. The topological polar surface area (TPSA) is 103 Å². The van der Waals surface area contributed by atoms with E-state index in [1.165, 1.54) is 6.07 Å². The number of anilines is 1. The molecule has 0 atom stereocenters. The number of hydrogen-bond acceptors (Lipinski definition) is 4. The minimum absolute atomic E-state index is 0.187. The number of carbonyl (C=O) groups is 2. The second-order valence-corrected chi connectivity index (χ2v) is 5.34. The molecule has 25 heavy (non-hydrogen) atoms. The van der Waals surface area contributed by atoms with Gasteiger partial charge in [0.05, 0.1) is 22.8 Å². The number of aromatic nitrogens is 1. The lowest BCUT2D eigenvalue weighted by molar-refractivity contribution is -0.115. The van der Waals surface area contributed by atoms with Gasteiger partial charge in [0.25, 0.3) is 0 Å². The molecule has 0 spiro atoms. The lowest BCUT2D eigenvalue weighted by atomic mass is 10.0. The van der Waals surface area contributed by atoms with E-state index in [1.807, 2.05) is 0 Å². The van der Waals surface area contributed by atoms with Gasteiger partial charge < -0.3 is 10.4 Å². The van der Waals surface area contributed by atoms with Crippen LogP contribution in [0.2, 0.25) is 0 Å². The number of pyridine rings is 1. The van der Waals surface area contributed by atoms with Crippen LogP contribution in [-0.2, 0) is 4.79 Å². The summed E-state index contributed by atoms with van der Waals surface area (Å²) in [5, 5.41) is 21.1. The number of carboxylic acid groups (broad SMARTS) is 1. The number of carbonyl (C=O) groups excluding carboxylic acids is 1. The molecule has 3 aromatic rings. The van der Waals surface area contributed by atoms with Crippen LogP contribution in [0.25, 0.3) is 22.2 Å². The fraction of sp³-hybridized carbons (Fsp3) is 0.0526. The highest BCUT2D eigenvalue weighted by molar-refractivity contribution is 6.03. The first-order valence-corrected chi connectivity index (χ1v) is 7.49. The lowest BCUT2D eigenvalue weighted by Crippen LogP contribution is -2.09. The molecule has 0 aliphatic carbocycles. The van der Waals surface area contributed by atoms with Crippen LogP contribution < -0.4 is 5.32 Å². The van der Waals surface area contributed by atoms with Crippen LogP contribution in [0.5, 0.6) is 0 Å². The fourth-order valence-electron chi connectivity index (χ4n) is 2.50. The third-order valence-electron chi connectivity index (χ3n) is 3.65. The number of rotatable bonds is 4. The van der Waals surface area contributed by atoms with Crippen molar-refractivity contribution in [2.75, 3.05) is 5.32 Å². The van der Waals surface area contributed by atoms with Crippen LogP contribution in [0.4, 0.5) is 5.69 Å². The molecule has 0 bridgehead atoms. The summed E-state index contributed by atoms with van der Waals surface area (Å²) in [6.45, 7) is 0. The van der Waals surface area contributed by atoms with E-state index in [-0.39, 0.29) is 17.9 Å². The summed E-state index contributed by atoms with van der Waals surface area (Å²) < 4.78 is 0. The van der Waals surface area contributed by atoms with Gasteiger partial charge in [-0.1, -0.05) is 30.3 Å². The molecule has 0 fully saturated rings. The number of aromatic carboxylic acids is 1. The molecule has 6 nitrogen and oxygen atoms in total. The minimum atomic E-state index is -1.01. The van der Waals surface area contributed by atoms with E-state index in [9.17, 15) is 14.7 Å². The molecule has 1 heterocycles. The van der Waals surface area contributed by atoms with Crippen molar-refractivity contribution in [3.05, 3.63) is 60.2 Å². The number of fused-ring (bicyclic) bond motifs is 1. The van der Waals surface area contributed by atoms with Gasteiger partial charge in [-0.3, -0.25) is 4.79 Å². The second-order valence-electron chi connectivity index (χ2n) is 5.34. The monoisotopic (exact) mass is 331 g/mol. The van der Waals surface area contributed by atoms with E-state index in [2.05, 4.69) is 10.3 Å². The van der Waals surface area contributed by atoms with Crippen molar-refractivity contribution >= 4 is 28.5 Å². The number of para-hydroxylation sites is 1. The van der Waals surface area contributed by atoms with Gasteiger partial charge in [0.2, 0.25) is 5.91 Å². The van der Waals surface area contributed by atoms with E-state index < -0.39 is 5.97 Å². The van der Waals surface area contributed by atoms with Crippen molar-refractivity contribution in [1.29, 1.82) is 5.26 Å². The molecule has 0 unspecified atom stereocenters. The zero-order chi connectivity index (χ0) is 17.8. The Kier molecular flexibility index (Phi) is 4.40. The summed E-state index contributed by atoms with van der Waals surface area (Å²) in [5.74, 6) is -1.40. The first kappa shape index (κ1) is 16.1. The molecule has 3 rings (SSSR count). The summed E-state index contributed by atoms with van der Waals surface area (Å²) in [4.78, 5) is 27.5. The average molecular weight is 331 g/mol. The molecule has 1 aromatic heterocycles. The van der Waals surface area contributed by atoms with E-state index in [0.717, 1.165) is 5.56 Å². The number of hydrogen-bond donors (Lipinski definition) is 2. The Morgan fingerprint density at radius 3 is 2.52 bits per heavy atom. The molecule has 2 N–H and O–H groups in total. The second kappa shape index (κ2) is 6.81. The van der Waals surface area contributed by atoms with Crippen molar-refractivity contribution in [2.45, 2.75) is 6.42 Å². The minimum Gasteiger partial charge on any atom is -0.478 e. The number of benzene rings is 2. The van der Waals surface area contributed by atoms with Crippen LogP contribution in [0.3, 0.4) is 0 Å². The van der Waals surface area contributed by atoms with Crippen LogP contribution in [-0.4, -0.2) is 22.0 Å². The first-order chi connectivity index (χ1) is 12.1. The van der Waals surface area contributed by atoms with Gasteiger partial charge in [-0.25, -0.2) is 9.78 Å². The van der Waals surface area contributed by atoms with Gasteiger partial charge in [0.1, 0.15) is 6.42 Å². The molecule has 0 aliphatic heterocycles. The SMILES string of the molecule is N#CCC(=O)Nc1ccc(-c2cc(C(=O)O)c3ccccc3n2)cc1. The van der Waals surface area contributed by atoms with Gasteiger partial charge in [-0.15, -0.1) is 0 Å². The molecule has 2 aromatic carbocycles. The van der Waals surface area contributed by atoms with E-state index in [4.69, 9.17) is 5.26 Å². The van der Waals surface area contributed by atoms with Gasteiger partial charge in [0, 0.05) is 16.6 Å². The molecule has 1 amide bonds. The Morgan fingerprint density at radius 2 is 1.84 bits per heavy atom. The van der Waals surface area contributed by atoms with Crippen LogP contribution >= 0.6 is 0 Å². The summed E-state index contributed by atoms with van der Waals surface area (Å²) in [7, 11) is 0. The maximum absolute atomic E-state index is 11.5. The first-order valence-electron chi connectivity index (χ1n) is 7.49. The zero-order valence-corrected chi connectivity index (χ0v) is 13.1. The normalized spacial score (nSPS) is 10.2. The number of carboxylic acids is 1. The van der Waals surface area contributed by atoms with Crippen LogP contribution in [0.15, 0.2) is 54.6 Å². The Hall–Kier alpha value is -3.72. The maximum Gasteiger partial charge on any atom is 0.336 e. The fourth-order valence-corrected chi connectivity index (χ4v) is 2.50. The molecule has 6 heteroatoms. The Bertz CT molecular complexity index is 1000. The van der Waals surface area contributed by atoms with E-state index in [0.29, 0.717) is 22.3 Å². The summed E-state index contributed by atoms with van der Waals surface area (Å²) >= 11 is 0. The molecule has 0 saturated heterocycles. The number of nitriles is 1. The van der Waals surface area contributed by atoms with Gasteiger partial charge in [-0.05, 0) is 24.3 Å². The maximum atomic E-state index is 11.5. The van der Waals surface area contributed by atoms with Crippen LogP contribution in [0, 0.1) is 11.3 Å². The largest absolute Gasteiger partial charge is 0.478 e. The van der Waals surface area contributed by atoms with Crippen molar-refractivity contribution in [2.24, 2.45) is 0 Å². The Balaban J connectivity index is 1.98. The summed E-state index contributed by atoms with van der Waals surface area (Å²) in [5.41, 5.74) is 2.61. The quantitative estimate of drug-likeness (QED) is 0.762. The highest BCUT2D eigenvalue weighted by Crippen LogP contribution is 2.26. The number of amides is 1. The third kappa shape index (κ3) is 3.46. The van der Waals surface area contributed by atoms with E-state index >= 15 is 0 Å². The van der Waals surface area contributed by atoms with Gasteiger partial charge in [0.15, 0.2) is 0 Å². The molecular weight excluding hydrogens is 318 g/mol. The summed E-state index contributed by atoms with van der Waals surface area (Å²) in [6.07, 6.45) is -0.212. The predicted octanol–water partition coefficient (Wildman–Crippen LogP) is 3.45. The highest BCUT2D eigenvalue weighted by Gasteiger charge is 2.12. The van der Waals surface area contributed by atoms with Crippen molar-refractivity contribution in [3.63, 3.8) is 0 Å².